The van der Waals surface area contributed by atoms with E-state index in [-0.39, 0.29) is 17.2 Å². The second kappa shape index (κ2) is 8.30. The zero-order chi connectivity index (χ0) is 21.4. The molecule has 0 bridgehead atoms. The molecule has 5 rings (SSSR count). The topological polar surface area (TPSA) is 69.3 Å². The lowest BCUT2D eigenvalue weighted by Gasteiger charge is -2.26. The Hall–Kier alpha value is -2.93. The highest BCUT2D eigenvalue weighted by molar-refractivity contribution is 7.98. The van der Waals surface area contributed by atoms with Crippen molar-refractivity contribution in [3.05, 3.63) is 80.6 Å². The van der Waals surface area contributed by atoms with Gasteiger partial charge in [-0.3, -0.25) is 18.6 Å². The molecule has 1 aliphatic rings. The summed E-state index contributed by atoms with van der Waals surface area (Å²) in [7, 11) is 0. The molecule has 7 heteroatoms. The number of pyridine rings is 1. The Morgan fingerprint density at radius 2 is 1.84 bits per heavy atom. The predicted molar refractivity (Wildman–Crippen MR) is 124 cm³/mol. The molecule has 3 aromatic heterocycles. The van der Waals surface area contributed by atoms with Gasteiger partial charge in [0.05, 0.1) is 16.6 Å². The summed E-state index contributed by atoms with van der Waals surface area (Å²) >= 11 is 1.48. The molecule has 0 N–H and O–H groups in total. The van der Waals surface area contributed by atoms with Gasteiger partial charge in [0.2, 0.25) is 0 Å². The van der Waals surface area contributed by atoms with Crippen LogP contribution in [0, 0.1) is 6.92 Å². The number of hydrogen-bond acceptors (Lipinski definition) is 5. The first-order valence-electron chi connectivity index (χ1n) is 10.7. The number of nitrogens with zero attached hydrogens (tertiary/aromatic N) is 4. The van der Waals surface area contributed by atoms with Gasteiger partial charge in [0.25, 0.3) is 11.1 Å². The molecule has 0 radical (unpaired) electrons. The Balaban J connectivity index is 1.54. The number of rotatable bonds is 4. The van der Waals surface area contributed by atoms with Gasteiger partial charge in [-0.25, -0.2) is 9.97 Å². The van der Waals surface area contributed by atoms with Gasteiger partial charge in [-0.05, 0) is 43.5 Å². The van der Waals surface area contributed by atoms with Crippen LogP contribution in [0.15, 0.2) is 63.4 Å². The molecular formula is C24H24N4O2S. The quantitative estimate of drug-likeness (QED) is 0.351. The molecule has 0 amide bonds. The lowest BCUT2D eigenvalue weighted by Crippen LogP contribution is -2.29. The summed E-state index contributed by atoms with van der Waals surface area (Å²) in [5, 5.41) is 1.37. The van der Waals surface area contributed by atoms with Crippen molar-refractivity contribution in [3.63, 3.8) is 0 Å². The summed E-state index contributed by atoms with van der Waals surface area (Å²) < 4.78 is 3.46. The minimum atomic E-state index is -0.0968. The first kappa shape index (κ1) is 20.0. The molecule has 1 saturated carbocycles. The van der Waals surface area contributed by atoms with Crippen LogP contribution in [0.25, 0.3) is 16.6 Å². The largest absolute Gasteiger partial charge is 0.284 e. The number of para-hydroxylation sites is 1. The number of aryl methyl sites for hydroxylation is 1. The number of aromatic nitrogens is 4. The summed E-state index contributed by atoms with van der Waals surface area (Å²) in [4.78, 5) is 35.4. The van der Waals surface area contributed by atoms with Gasteiger partial charge in [-0.1, -0.05) is 49.2 Å². The maximum Gasteiger partial charge on any atom is 0.262 e. The van der Waals surface area contributed by atoms with Crippen molar-refractivity contribution in [1.29, 1.82) is 0 Å². The highest BCUT2D eigenvalue weighted by Gasteiger charge is 2.22. The van der Waals surface area contributed by atoms with Gasteiger partial charge < -0.3 is 0 Å². The van der Waals surface area contributed by atoms with Gasteiger partial charge in [0, 0.05) is 24.1 Å². The van der Waals surface area contributed by atoms with Crippen molar-refractivity contribution in [3.8, 4) is 0 Å². The lowest BCUT2D eigenvalue weighted by atomic mass is 9.95. The molecule has 6 nitrogen and oxygen atoms in total. The Morgan fingerprint density at radius 3 is 2.68 bits per heavy atom. The summed E-state index contributed by atoms with van der Waals surface area (Å²) in [5.41, 5.74) is 2.98. The fraction of sp³-hybridized carbons (Fsp3) is 0.333. The SMILES string of the molecule is Cc1ccc2nc(CSc3nc4ccccc4c(=O)n3C3CCCCC3)cc(=O)n2c1. The second-order valence-corrected chi connectivity index (χ2v) is 9.13. The first-order chi connectivity index (χ1) is 15.1. The van der Waals surface area contributed by atoms with E-state index in [9.17, 15) is 9.59 Å². The molecule has 4 aromatic rings. The number of thioether (sulfide) groups is 1. The van der Waals surface area contributed by atoms with E-state index in [4.69, 9.17) is 4.98 Å². The second-order valence-electron chi connectivity index (χ2n) is 8.19. The minimum absolute atomic E-state index is 0.0296. The third-order valence-corrected chi connectivity index (χ3v) is 6.91. The molecule has 3 heterocycles. The molecule has 1 aliphatic carbocycles. The van der Waals surface area contributed by atoms with Crippen molar-refractivity contribution in [2.24, 2.45) is 0 Å². The minimum Gasteiger partial charge on any atom is -0.284 e. The molecule has 0 spiro atoms. The monoisotopic (exact) mass is 432 g/mol. The predicted octanol–water partition coefficient (Wildman–Crippen LogP) is 4.51. The van der Waals surface area contributed by atoms with Gasteiger partial charge in [0.15, 0.2) is 5.16 Å². The van der Waals surface area contributed by atoms with Crippen molar-refractivity contribution in [2.45, 2.75) is 56.0 Å². The maximum atomic E-state index is 13.4. The van der Waals surface area contributed by atoms with E-state index in [0.717, 1.165) is 31.2 Å². The summed E-state index contributed by atoms with van der Waals surface area (Å²) in [6, 6.07) is 13.1. The Kier molecular flexibility index (Phi) is 5.36. The highest BCUT2D eigenvalue weighted by atomic mass is 32.2. The molecule has 1 fully saturated rings. The number of hydrogen-bond donors (Lipinski definition) is 0. The molecule has 31 heavy (non-hydrogen) atoms. The van der Waals surface area contributed by atoms with Crippen LogP contribution in [-0.4, -0.2) is 18.9 Å². The lowest BCUT2D eigenvalue weighted by molar-refractivity contribution is 0.326. The van der Waals surface area contributed by atoms with Gasteiger partial charge in [-0.2, -0.15) is 0 Å². The summed E-state index contributed by atoms with van der Waals surface area (Å²) in [6.07, 6.45) is 7.30. The molecule has 158 valence electrons. The standard InChI is InChI=1S/C24H24N4O2S/c1-16-11-12-21-25-17(13-22(29)27(21)14-16)15-31-24-26-20-10-6-5-9-19(20)23(30)28(24)18-7-3-2-4-8-18/h5-6,9-14,18H,2-4,7-8,15H2,1H3. The van der Waals surface area contributed by atoms with E-state index >= 15 is 0 Å². The summed E-state index contributed by atoms with van der Waals surface area (Å²) in [5.74, 6) is 0.483. The number of benzene rings is 1. The zero-order valence-electron chi connectivity index (χ0n) is 17.5. The van der Waals surface area contributed by atoms with Crippen molar-refractivity contribution in [1.82, 2.24) is 18.9 Å². The van der Waals surface area contributed by atoms with Crippen LogP contribution < -0.4 is 11.1 Å². The highest BCUT2D eigenvalue weighted by Crippen LogP contribution is 2.31. The average Bonchev–Trinajstić information content (AvgIpc) is 2.79. The zero-order valence-corrected chi connectivity index (χ0v) is 18.3. The van der Waals surface area contributed by atoms with Crippen LogP contribution in [0.5, 0.6) is 0 Å². The van der Waals surface area contributed by atoms with Gasteiger partial charge in [0.1, 0.15) is 5.65 Å². The van der Waals surface area contributed by atoms with Gasteiger partial charge >= 0.3 is 0 Å². The molecule has 0 aliphatic heterocycles. The van der Waals surface area contributed by atoms with Crippen molar-refractivity contribution >= 4 is 28.3 Å². The molecule has 0 atom stereocenters. The van der Waals surface area contributed by atoms with E-state index < -0.39 is 0 Å². The van der Waals surface area contributed by atoms with Crippen LogP contribution in [-0.2, 0) is 5.75 Å². The summed E-state index contributed by atoms with van der Waals surface area (Å²) in [6.45, 7) is 1.95. The average molecular weight is 433 g/mol. The molecular weight excluding hydrogens is 408 g/mol. The molecule has 1 aromatic carbocycles. The van der Waals surface area contributed by atoms with Crippen LogP contribution in [0.4, 0.5) is 0 Å². The van der Waals surface area contributed by atoms with E-state index in [1.165, 1.54) is 18.2 Å². The Morgan fingerprint density at radius 1 is 1.03 bits per heavy atom. The van der Waals surface area contributed by atoms with Crippen LogP contribution in [0.1, 0.15) is 49.4 Å². The first-order valence-corrected chi connectivity index (χ1v) is 11.7. The van der Waals surface area contributed by atoms with Crippen molar-refractivity contribution in [2.75, 3.05) is 0 Å². The molecule has 0 saturated heterocycles. The smallest absolute Gasteiger partial charge is 0.262 e. The number of fused-ring (bicyclic) bond motifs is 2. The third-order valence-electron chi connectivity index (χ3n) is 5.92. The Bertz CT molecular complexity index is 1390. The Labute approximate surface area is 184 Å². The van der Waals surface area contributed by atoms with E-state index in [2.05, 4.69) is 4.98 Å². The molecule has 0 unspecified atom stereocenters. The maximum absolute atomic E-state index is 13.4. The third kappa shape index (κ3) is 3.90. The fourth-order valence-electron chi connectivity index (χ4n) is 4.36. The van der Waals surface area contributed by atoms with E-state index in [0.29, 0.717) is 33.2 Å². The van der Waals surface area contributed by atoms with Gasteiger partial charge in [-0.15, -0.1) is 0 Å². The van der Waals surface area contributed by atoms with Crippen LogP contribution >= 0.6 is 11.8 Å². The van der Waals surface area contributed by atoms with Crippen LogP contribution in [0.2, 0.25) is 0 Å². The van der Waals surface area contributed by atoms with E-state index in [1.54, 1.807) is 16.7 Å². The van der Waals surface area contributed by atoms with Crippen molar-refractivity contribution < 1.29 is 0 Å². The van der Waals surface area contributed by atoms with E-state index in [1.807, 2.05) is 47.9 Å². The van der Waals surface area contributed by atoms with Crippen LogP contribution in [0.3, 0.4) is 0 Å². The fourth-order valence-corrected chi connectivity index (χ4v) is 5.32. The normalized spacial score (nSPS) is 15.0.